The molecule has 2 rings (SSSR count). The molecule has 0 saturated carbocycles. The number of ether oxygens (including phenoxy) is 2. The quantitative estimate of drug-likeness (QED) is 0.743. The van der Waals surface area contributed by atoms with Crippen molar-refractivity contribution in [3.05, 3.63) is 22.7 Å². The van der Waals surface area contributed by atoms with E-state index in [9.17, 15) is 0 Å². The summed E-state index contributed by atoms with van der Waals surface area (Å²) in [6, 6.07) is 5.78. The molecule has 0 N–H and O–H groups in total. The fourth-order valence-electron chi connectivity index (χ4n) is 1.18. The molecular weight excluding hydrogens is 300 g/mol. The van der Waals surface area contributed by atoms with Gasteiger partial charge in [-0.1, -0.05) is 22.0 Å². The summed E-state index contributed by atoms with van der Waals surface area (Å²) in [6.45, 7) is 0.606. The van der Waals surface area contributed by atoms with Crippen molar-refractivity contribution in [1.82, 2.24) is 0 Å². The molecule has 1 atom stereocenters. The first-order chi connectivity index (χ1) is 6.31. The largest absolute Gasteiger partial charge is 0.486 e. The molecule has 13 heavy (non-hydrogen) atoms. The second-order valence-electron chi connectivity index (χ2n) is 2.77. The van der Waals surface area contributed by atoms with Crippen LogP contribution in [0.5, 0.6) is 11.5 Å². The maximum absolute atomic E-state index is 5.69. The number of para-hydroxylation sites is 1. The molecule has 1 aliphatic heterocycles. The predicted molar refractivity (Wildman–Crippen MR) is 57.8 cm³/mol. The lowest BCUT2D eigenvalue weighted by Crippen LogP contribution is -2.30. The Hall–Kier alpha value is -0.220. The highest BCUT2D eigenvalue weighted by molar-refractivity contribution is 9.10. The third-order valence-corrected chi connectivity index (χ3v) is 3.16. The van der Waals surface area contributed by atoms with Gasteiger partial charge in [0.2, 0.25) is 0 Å². The summed E-state index contributed by atoms with van der Waals surface area (Å²) in [5.74, 6) is 1.62. The van der Waals surface area contributed by atoms with Gasteiger partial charge in [0, 0.05) is 5.33 Å². The van der Waals surface area contributed by atoms with Crippen molar-refractivity contribution in [3.63, 3.8) is 0 Å². The van der Waals surface area contributed by atoms with E-state index in [0.717, 1.165) is 21.3 Å². The Morgan fingerprint density at radius 3 is 3.08 bits per heavy atom. The SMILES string of the molecule is BrCC1COc2cccc(Br)c2O1. The Balaban J connectivity index is 2.32. The topological polar surface area (TPSA) is 18.5 Å². The predicted octanol–water partition coefficient (Wildman–Crippen LogP) is 2.98. The maximum Gasteiger partial charge on any atom is 0.175 e. The van der Waals surface area contributed by atoms with Gasteiger partial charge in [0.1, 0.15) is 12.7 Å². The Morgan fingerprint density at radius 2 is 2.31 bits per heavy atom. The lowest BCUT2D eigenvalue weighted by atomic mass is 10.3. The van der Waals surface area contributed by atoms with Crippen LogP contribution in [-0.4, -0.2) is 18.0 Å². The van der Waals surface area contributed by atoms with Gasteiger partial charge in [0.05, 0.1) is 4.47 Å². The van der Waals surface area contributed by atoms with Crippen molar-refractivity contribution in [2.45, 2.75) is 6.10 Å². The summed E-state index contributed by atoms with van der Waals surface area (Å²) < 4.78 is 12.2. The number of halogens is 2. The van der Waals surface area contributed by atoms with Crippen LogP contribution in [0.1, 0.15) is 0 Å². The van der Waals surface area contributed by atoms with Gasteiger partial charge in [-0.2, -0.15) is 0 Å². The van der Waals surface area contributed by atoms with Crippen LogP contribution in [0.3, 0.4) is 0 Å². The number of alkyl halides is 1. The molecule has 1 aliphatic rings. The number of rotatable bonds is 1. The Bertz CT molecular complexity index is 314. The molecule has 0 bridgehead atoms. The molecule has 1 aromatic rings. The van der Waals surface area contributed by atoms with Gasteiger partial charge in [0.25, 0.3) is 0 Å². The van der Waals surface area contributed by atoms with Crippen molar-refractivity contribution in [2.75, 3.05) is 11.9 Å². The summed E-state index contributed by atoms with van der Waals surface area (Å²) in [6.07, 6.45) is 0.103. The van der Waals surface area contributed by atoms with Gasteiger partial charge in [-0.05, 0) is 28.1 Å². The summed E-state index contributed by atoms with van der Waals surface area (Å²) in [5, 5.41) is 0.785. The highest BCUT2D eigenvalue weighted by Crippen LogP contribution is 2.38. The van der Waals surface area contributed by atoms with Crippen LogP contribution in [0.2, 0.25) is 0 Å². The molecule has 0 saturated heterocycles. The minimum Gasteiger partial charge on any atom is -0.486 e. The zero-order valence-electron chi connectivity index (χ0n) is 6.80. The lowest BCUT2D eigenvalue weighted by molar-refractivity contribution is 0.107. The molecule has 0 radical (unpaired) electrons. The number of fused-ring (bicyclic) bond motifs is 1. The first-order valence-corrected chi connectivity index (χ1v) is 5.86. The maximum atomic E-state index is 5.69. The zero-order chi connectivity index (χ0) is 9.26. The number of benzene rings is 1. The van der Waals surface area contributed by atoms with Crippen LogP contribution >= 0.6 is 31.9 Å². The second kappa shape index (κ2) is 3.88. The Morgan fingerprint density at radius 1 is 1.46 bits per heavy atom. The van der Waals surface area contributed by atoms with Gasteiger partial charge in [-0.15, -0.1) is 0 Å². The molecular formula is C9H8Br2O2. The van der Waals surface area contributed by atoms with Crippen LogP contribution in [0, 0.1) is 0 Å². The molecule has 0 fully saturated rings. The normalized spacial score (nSPS) is 20.0. The molecule has 0 amide bonds. The molecule has 1 aromatic carbocycles. The number of hydrogen-bond donors (Lipinski definition) is 0. The molecule has 1 heterocycles. The zero-order valence-corrected chi connectivity index (χ0v) is 9.97. The van der Waals surface area contributed by atoms with Gasteiger partial charge in [-0.3, -0.25) is 0 Å². The van der Waals surface area contributed by atoms with E-state index in [1.54, 1.807) is 0 Å². The fourth-order valence-corrected chi connectivity index (χ4v) is 1.94. The van der Waals surface area contributed by atoms with E-state index in [0.29, 0.717) is 6.61 Å². The van der Waals surface area contributed by atoms with Crippen molar-refractivity contribution < 1.29 is 9.47 Å². The average Bonchev–Trinajstić information content (AvgIpc) is 2.18. The van der Waals surface area contributed by atoms with Crippen LogP contribution in [-0.2, 0) is 0 Å². The van der Waals surface area contributed by atoms with E-state index in [4.69, 9.17) is 9.47 Å². The highest BCUT2D eigenvalue weighted by Gasteiger charge is 2.21. The van der Waals surface area contributed by atoms with Crippen LogP contribution in [0.15, 0.2) is 22.7 Å². The fraction of sp³-hybridized carbons (Fsp3) is 0.333. The lowest BCUT2D eigenvalue weighted by Gasteiger charge is -2.25. The van der Waals surface area contributed by atoms with Crippen molar-refractivity contribution in [2.24, 2.45) is 0 Å². The smallest absolute Gasteiger partial charge is 0.175 e. The molecule has 2 nitrogen and oxygen atoms in total. The molecule has 70 valence electrons. The third-order valence-electron chi connectivity index (χ3n) is 1.81. The van der Waals surface area contributed by atoms with E-state index in [2.05, 4.69) is 31.9 Å². The summed E-state index contributed by atoms with van der Waals surface area (Å²) in [7, 11) is 0. The van der Waals surface area contributed by atoms with Crippen LogP contribution < -0.4 is 9.47 Å². The first kappa shape index (κ1) is 9.34. The van der Waals surface area contributed by atoms with E-state index in [1.165, 1.54) is 0 Å². The van der Waals surface area contributed by atoms with Crippen LogP contribution in [0.4, 0.5) is 0 Å². The number of hydrogen-bond acceptors (Lipinski definition) is 2. The summed E-state index contributed by atoms with van der Waals surface area (Å²) in [5.41, 5.74) is 0. The van der Waals surface area contributed by atoms with Crippen molar-refractivity contribution in [1.29, 1.82) is 0 Å². The second-order valence-corrected chi connectivity index (χ2v) is 4.27. The Kier molecular flexibility index (Phi) is 2.79. The van der Waals surface area contributed by atoms with Crippen molar-refractivity contribution >= 4 is 31.9 Å². The molecule has 4 heteroatoms. The summed E-state index contributed by atoms with van der Waals surface area (Å²) >= 11 is 6.79. The minimum absolute atomic E-state index is 0.103. The molecule has 1 unspecified atom stereocenters. The van der Waals surface area contributed by atoms with Gasteiger partial charge >= 0.3 is 0 Å². The van der Waals surface area contributed by atoms with Crippen molar-refractivity contribution in [3.8, 4) is 11.5 Å². The van der Waals surface area contributed by atoms with Gasteiger partial charge < -0.3 is 9.47 Å². The van der Waals surface area contributed by atoms with E-state index in [-0.39, 0.29) is 6.10 Å². The van der Waals surface area contributed by atoms with E-state index >= 15 is 0 Å². The average molecular weight is 308 g/mol. The summed E-state index contributed by atoms with van der Waals surface area (Å²) in [4.78, 5) is 0. The standard InChI is InChI=1S/C9H8Br2O2/c10-4-6-5-12-8-3-1-2-7(11)9(8)13-6/h1-3,6H,4-5H2. The van der Waals surface area contributed by atoms with Gasteiger partial charge in [0.15, 0.2) is 11.5 Å². The van der Waals surface area contributed by atoms with Gasteiger partial charge in [-0.25, -0.2) is 0 Å². The monoisotopic (exact) mass is 306 g/mol. The minimum atomic E-state index is 0.103. The molecule has 0 aliphatic carbocycles. The van der Waals surface area contributed by atoms with E-state index < -0.39 is 0 Å². The first-order valence-electron chi connectivity index (χ1n) is 3.95. The highest BCUT2D eigenvalue weighted by atomic mass is 79.9. The third kappa shape index (κ3) is 1.83. The molecule has 0 aromatic heterocycles. The molecule has 0 spiro atoms. The van der Waals surface area contributed by atoms with Crippen LogP contribution in [0.25, 0.3) is 0 Å². The Labute approximate surface area is 93.5 Å². The van der Waals surface area contributed by atoms with E-state index in [1.807, 2.05) is 18.2 Å².